The minimum Gasteiger partial charge on any atom is -0.306 e. The summed E-state index contributed by atoms with van der Waals surface area (Å²) in [4.78, 5) is 0. The molecule has 0 amide bonds. The predicted octanol–water partition coefficient (Wildman–Crippen LogP) is 2.43. The Balaban J connectivity index is 2.23. The van der Waals surface area contributed by atoms with Crippen LogP contribution in [-0.2, 0) is 0 Å². The van der Waals surface area contributed by atoms with Crippen molar-refractivity contribution in [1.29, 1.82) is 0 Å². The van der Waals surface area contributed by atoms with Gasteiger partial charge in [-0.2, -0.15) is 0 Å². The Morgan fingerprint density at radius 3 is 2.77 bits per heavy atom. The fourth-order valence-electron chi connectivity index (χ4n) is 2.17. The van der Waals surface area contributed by atoms with Gasteiger partial charge in [0.05, 0.1) is 6.54 Å². The van der Waals surface area contributed by atoms with Crippen LogP contribution >= 0.6 is 0 Å². The minimum absolute atomic E-state index is 0.548. The summed E-state index contributed by atoms with van der Waals surface area (Å²) in [6.07, 6.45) is 4.18. The van der Waals surface area contributed by atoms with E-state index >= 15 is 0 Å². The van der Waals surface area contributed by atoms with E-state index in [4.69, 9.17) is 0 Å². The summed E-state index contributed by atoms with van der Waals surface area (Å²) in [6, 6.07) is 0. The second-order valence-corrected chi connectivity index (χ2v) is 4.64. The maximum atomic E-state index is 3.41. The van der Waals surface area contributed by atoms with Crippen molar-refractivity contribution in [3.05, 3.63) is 0 Å². The van der Waals surface area contributed by atoms with Crippen molar-refractivity contribution in [2.45, 2.75) is 40.0 Å². The van der Waals surface area contributed by atoms with Crippen LogP contribution in [0.3, 0.4) is 0 Å². The normalized spacial score (nSPS) is 25.3. The Hall–Kier alpha value is -0.480. The first-order chi connectivity index (χ1) is 6.17. The topological polar surface area (TPSA) is 12.0 Å². The molecule has 1 rings (SSSR count). The van der Waals surface area contributed by atoms with Crippen molar-refractivity contribution < 1.29 is 0 Å². The Labute approximate surface area is 82.3 Å². The van der Waals surface area contributed by atoms with E-state index in [1.807, 2.05) is 6.92 Å². The van der Waals surface area contributed by atoms with Crippen molar-refractivity contribution in [1.82, 2.24) is 5.32 Å². The molecule has 0 heterocycles. The van der Waals surface area contributed by atoms with Gasteiger partial charge < -0.3 is 5.32 Å². The van der Waals surface area contributed by atoms with Crippen LogP contribution in [0.4, 0.5) is 0 Å². The first kappa shape index (κ1) is 10.6. The molecule has 0 bridgehead atoms. The zero-order valence-corrected chi connectivity index (χ0v) is 9.11. The van der Waals surface area contributed by atoms with E-state index in [0.29, 0.717) is 5.41 Å². The molecule has 0 saturated heterocycles. The van der Waals surface area contributed by atoms with Crippen LogP contribution in [0.25, 0.3) is 0 Å². The maximum Gasteiger partial charge on any atom is 0.0576 e. The second-order valence-electron chi connectivity index (χ2n) is 4.64. The van der Waals surface area contributed by atoms with Crippen LogP contribution in [0, 0.1) is 23.2 Å². The summed E-state index contributed by atoms with van der Waals surface area (Å²) in [6.45, 7) is 8.65. The Kier molecular flexibility index (Phi) is 3.81. The molecule has 1 saturated carbocycles. The summed E-state index contributed by atoms with van der Waals surface area (Å²) >= 11 is 0. The molecule has 1 heteroatoms. The Morgan fingerprint density at radius 2 is 2.23 bits per heavy atom. The Bertz CT molecular complexity index is 207. The van der Waals surface area contributed by atoms with Gasteiger partial charge in [-0.05, 0) is 37.6 Å². The maximum absolute atomic E-state index is 3.41. The van der Waals surface area contributed by atoms with Gasteiger partial charge >= 0.3 is 0 Å². The van der Waals surface area contributed by atoms with Crippen LogP contribution in [0.5, 0.6) is 0 Å². The summed E-state index contributed by atoms with van der Waals surface area (Å²) in [7, 11) is 0. The van der Waals surface area contributed by atoms with E-state index in [1.165, 1.54) is 19.3 Å². The van der Waals surface area contributed by atoms with Gasteiger partial charge in [0.1, 0.15) is 0 Å². The summed E-state index contributed by atoms with van der Waals surface area (Å²) < 4.78 is 0. The van der Waals surface area contributed by atoms with Gasteiger partial charge in [0, 0.05) is 0 Å². The number of hydrogen-bond acceptors (Lipinski definition) is 1. The molecule has 0 radical (unpaired) electrons. The number of hydrogen-bond donors (Lipinski definition) is 1. The lowest BCUT2D eigenvalue weighted by molar-refractivity contribution is 0.254. The lowest BCUT2D eigenvalue weighted by Crippen LogP contribution is -2.29. The van der Waals surface area contributed by atoms with Gasteiger partial charge in [-0.1, -0.05) is 26.2 Å². The predicted molar refractivity (Wildman–Crippen MR) is 57.4 cm³/mol. The van der Waals surface area contributed by atoms with Crippen molar-refractivity contribution >= 4 is 0 Å². The van der Waals surface area contributed by atoms with Gasteiger partial charge in [0.25, 0.3) is 0 Å². The molecule has 1 aliphatic carbocycles. The molecule has 0 spiro atoms. The van der Waals surface area contributed by atoms with Crippen LogP contribution in [0.1, 0.15) is 40.0 Å². The van der Waals surface area contributed by atoms with Gasteiger partial charge in [-0.25, -0.2) is 0 Å². The molecular formula is C12H21N. The highest BCUT2D eigenvalue weighted by Gasteiger charge is 2.33. The quantitative estimate of drug-likeness (QED) is 0.518. The molecule has 13 heavy (non-hydrogen) atoms. The lowest BCUT2D eigenvalue weighted by atomic mass is 9.82. The molecule has 1 nitrogen and oxygen atoms in total. The SMILES string of the molecule is CC#CCNCC1CCCC1(C)C. The molecule has 1 N–H and O–H groups in total. The van der Waals surface area contributed by atoms with E-state index in [2.05, 4.69) is 31.0 Å². The average Bonchev–Trinajstić information content (AvgIpc) is 2.40. The lowest BCUT2D eigenvalue weighted by Gasteiger charge is -2.26. The molecule has 1 aliphatic rings. The minimum atomic E-state index is 0.548. The number of nitrogens with one attached hydrogen (secondary N) is 1. The van der Waals surface area contributed by atoms with Crippen LogP contribution in [-0.4, -0.2) is 13.1 Å². The fourth-order valence-corrected chi connectivity index (χ4v) is 2.17. The smallest absolute Gasteiger partial charge is 0.0576 e. The van der Waals surface area contributed by atoms with E-state index in [0.717, 1.165) is 19.0 Å². The third-order valence-corrected chi connectivity index (χ3v) is 3.26. The van der Waals surface area contributed by atoms with Crippen LogP contribution < -0.4 is 5.32 Å². The third-order valence-electron chi connectivity index (χ3n) is 3.26. The van der Waals surface area contributed by atoms with Crippen molar-refractivity contribution in [2.75, 3.05) is 13.1 Å². The van der Waals surface area contributed by atoms with Crippen LogP contribution in [0.15, 0.2) is 0 Å². The van der Waals surface area contributed by atoms with Gasteiger partial charge in [0.15, 0.2) is 0 Å². The fraction of sp³-hybridized carbons (Fsp3) is 0.833. The highest BCUT2D eigenvalue weighted by atomic mass is 14.9. The molecule has 0 aliphatic heterocycles. The highest BCUT2D eigenvalue weighted by molar-refractivity contribution is 4.97. The largest absolute Gasteiger partial charge is 0.306 e. The van der Waals surface area contributed by atoms with E-state index in [1.54, 1.807) is 0 Å². The zero-order valence-electron chi connectivity index (χ0n) is 9.11. The molecule has 0 aromatic rings. The molecule has 1 fully saturated rings. The molecule has 0 aromatic heterocycles. The standard InChI is InChI=1S/C12H21N/c1-4-5-9-13-10-11-7-6-8-12(11,2)3/h11,13H,6-10H2,1-3H3. The summed E-state index contributed by atoms with van der Waals surface area (Å²) in [5, 5.41) is 3.41. The van der Waals surface area contributed by atoms with Crippen LogP contribution in [0.2, 0.25) is 0 Å². The van der Waals surface area contributed by atoms with Crippen molar-refractivity contribution in [3.8, 4) is 11.8 Å². The van der Waals surface area contributed by atoms with Gasteiger partial charge in [0.2, 0.25) is 0 Å². The molecule has 1 unspecified atom stereocenters. The molecule has 1 atom stereocenters. The number of rotatable bonds is 3. The monoisotopic (exact) mass is 179 g/mol. The summed E-state index contributed by atoms with van der Waals surface area (Å²) in [5.74, 6) is 6.79. The first-order valence-electron chi connectivity index (χ1n) is 5.27. The van der Waals surface area contributed by atoms with Gasteiger partial charge in [-0.15, -0.1) is 5.92 Å². The highest BCUT2D eigenvalue weighted by Crippen LogP contribution is 2.41. The molecular weight excluding hydrogens is 158 g/mol. The third kappa shape index (κ3) is 3.04. The average molecular weight is 179 g/mol. The van der Waals surface area contributed by atoms with Crippen molar-refractivity contribution in [2.24, 2.45) is 11.3 Å². The first-order valence-corrected chi connectivity index (χ1v) is 5.27. The zero-order chi connectivity index (χ0) is 9.73. The summed E-state index contributed by atoms with van der Waals surface area (Å²) in [5.41, 5.74) is 0.548. The van der Waals surface area contributed by atoms with E-state index in [9.17, 15) is 0 Å². The Morgan fingerprint density at radius 1 is 1.46 bits per heavy atom. The molecule has 0 aromatic carbocycles. The molecule has 74 valence electrons. The second kappa shape index (κ2) is 4.67. The van der Waals surface area contributed by atoms with Crippen molar-refractivity contribution in [3.63, 3.8) is 0 Å². The van der Waals surface area contributed by atoms with Gasteiger partial charge in [-0.3, -0.25) is 0 Å². The van der Waals surface area contributed by atoms with E-state index < -0.39 is 0 Å². The van der Waals surface area contributed by atoms with E-state index in [-0.39, 0.29) is 0 Å².